The smallest absolute Gasteiger partial charge is 0.303 e. The molecule has 2 amide bonds. The molecule has 3 aliphatic heterocycles. The van der Waals surface area contributed by atoms with Gasteiger partial charge in [-0.1, -0.05) is 37.1 Å². The molecule has 3 saturated heterocycles. The molecule has 3 rings (SSSR count). The second-order valence-corrected chi connectivity index (χ2v) is 12.9. The molecule has 0 bridgehead atoms. The van der Waals surface area contributed by atoms with Crippen molar-refractivity contribution in [2.24, 2.45) is 5.92 Å². The van der Waals surface area contributed by atoms with Gasteiger partial charge in [0.2, 0.25) is 11.8 Å². The third-order valence-corrected chi connectivity index (χ3v) is 8.76. The van der Waals surface area contributed by atoms with Gasteiger partial charge in [0.25, 0.3) is 0 Å². The molecule has 11 nitrogen and oxygen atoms in total. The van der Waals surface area contributed by atoms with Gasteiger partial charge in [0.1, 0.15) is 23.9 Å². The van der Waals surface area contributed by atoms with Crippen LogP contribution in [0.5, 0.6) is 0 Å². The maximum atomic E-state index is 12.5. The van der Waals surface area contributed by atoms with E-state index in [1.165, 1.54) is 13.0 Å². The number of allylic oxidation sites excluding steroid dienone is 2. The van der Waals surface area contributed by atoms with E-state index >= 15 is 0 Å². The lowest BCUT2D eigenvalue weighted by molar-refractivity contribution is -0.145. The summed E-state index contributed by atoms with van der Waals surface area (Å²) in [6.45, 7) is 11.2. The zero-order chi connectivity index (χ0) is 33.0. The summed E-state index contributed by atoms with van der Waals surface area (Å²) in [5.74, 6) is -0.457. The standard InChI is InChI=1S/C34H55N3O8/c1-22(10-13-29-23(2)18-28(25(4)44-29)37-31(39)15-12-24(3)43-26(5)38)11-14-30-33(41)34(21-42-34)20-27(45-30)19-32(40)36-17-9-7-8-16-35-6/h10-12,14-15,23-25,27-30,33,35,41H,7-9,13,16-21H2,1-6H3,(H,36,40)(H,37,39)/b14-11+,15-12-,22-10+/t23-,24-,25+,27+,28+,29-,30+,33+,34+/m0/s1. The molecule has 0 unspecified atom stereocenters. The van der Waals surface area contributed by atoms with E-state index in [1.807, 2.05) is 33.0 Å². The Bertz CT molecular complexity index is 1070. The van der Waals surface area contributed by atoms with Crippen LogP contribution in [-0.2, 0) is 33.3 Å². The number of aliphatic hydroxyl groups is 1. The van der Waals surface area contributed by atoms with Crippen LogP contribution in [0, 0.1) is 5.92 Å². The molecular weight excluding hydrogens is 578 g/mol. The Kier molecular flexibility index (Phi) is 14.7. The average Bonchev–Trinajstić information content (AvgIpc) is 3.75. The molecule has 4 N–H and O–H groups in total. The summed E-state index contributed by atoms with van der Waals surface area (Å²) in [5.41, 5.74) is 0.382. The summed E-state index contributed by atoms with van der Waals surface area (Å²) in [6, 6.07) is -0.123. The number of nitrogens with one attached hydrogen (secondary N) is 3. The van der Waals surface area contributed by atoms with Gasteiger partial charge in [-0.2, -0.15) is 0 Å². The Labute approximate surface area is 268 Å². The first-order chi connectivity index (χ1) is 21.4. The molecule has 3 heterocycles. The number of epoxide rings is 1. The summed E-state index contributed by atoms with van der Waals surface area (Å²) in [4.78, 5) is 36.0. The SMILES string of the molecule is CNCCCCCNC(=O)C[C@@H]1C[C@@]2(CO2)[C@H](O)[C@@H](/C=C/C(C)=C/C[C@@H]2O[C@H](C)[C@H](NC(=O)/C=C\[C@H](C)OC(C)=O)C[C@@H]2C)O1. The average molecular weight is 634 g/mol. The molecule has 0 aromatic rings. The second kappa shape index (κ2) is 17.9. The van der Waals surface area contributed by atoms with E-state index < -0.39 is 29.9 Å². The van der Waals surface area contributed by atoms with Crippen LogP contribution in [0.2, 0.25) is 0 Å². The predicted molar refractivity (Wildman–Crippen MR) is 171 cm³/mol. The number of hydrogen-bond donors (Lipinski definition) is 4. The number of rotatable bonds is 16. The monoisotopic (exact) mass is 633 g/mol. The maximum Gasteiger partial charge on any atom is 0.303 e. The summed E-state index contributed by atoms with van der Waals surface area (Å²) in [7, 11) is 1.94. The molecule has 3 fully saturated rings. The predicted octanol–water partition coefficient (Wildman–Crippen LogP) is 2.87. The minimum Gasteiger partial charge on any atom is -0.459 e. The number of ether oxygens (including phenoxy) is 4. The Morgan fingerprint density at radius 1 is 1.09 bits per heavy atom. The van der Waals surface area contributed by atoms with Crippen LogP contribution in [0.4, 0.5) is 0 Å². The number of esters is 1. The van der Waals surface area contributed by atoms with Crippen LogP contribution in [0.25, 0.3) is 0 Å². The molecule has 9 atom stereocenters. The lowest BCUT2D eigenvalue weighted by Gasteiger charge is -2.39. The minimum absolute atomic E-state index is 0.00175. The quantitative estimate of drug-likeness (QED) is 0.0662. The fraction of sp³-hybridized carbons (Fsp3) is 0.735. The highest BCUT2D eigenvalue weighted by Gasteiger charge is 2.58. The van der Waals surface area contributed by atoms with Crippen LogP contribution in [0.15, 0.2) is 36.0 Å². The fourth-order valence-corrected chi connectivity index (χ4v) is 6.00. The molecule has 11 heteroatoms. The van der Waals surface area contributed by atoms with Crippen molar-refractivity contribution in [2.45, 2.75) is 128 Å². The van der Waals surface area contributed by atoms with Gasteiger partial charge in [0.05, 0.1) is 37.4 Å². The highest BCUT2D eigenvalue weighted by Crippen LogP contribution is 2.43. The van der Waals surface area contributed by atoms with Gasteiger partial charge >= 0.3 is 5.97 Å². The van der Waals surface area contributed by atoms with E-state index in [0.717, 1.165) is 37.8 Å². The zero-order valence-corrected chi connectivity index (χ0v) is 27.9. The first-order valence-electron chi connectivity index (χ1n) is 16.5. The van der Waals surface area contributed by atoms with E-state index in [9.17, 15) is 19.5 Å². The molecular formula is C34H55N3O8. The van der Waals surface area contributed by atoms with E-state index in [4.69, 9.17) is 18.9 Å². The fourth-order valence-electron chi connectivity index (χ4n) is 6.00. The number of aliphatic hydroxyl groups excluding tert-OH is 1. The first-order valence-corrected chi connectivity index (χ1v) is 16.5. The Morgan fingerprint density at radius 2 is 1.82 bits per heavy atom. The van der Waals surface area contributed by atoms with Gasteiger partial charge in [-0.3, -0.25) is 14.4 Å². The van der Waals surface area contributed by atoms with Gasteiger partial charge < -0.3 is 40.0 Å². The molecule has 0 saturated carbocycles. The number of carbonyl (C=O) groups is 3. The number of carbonyl (C=O) groups excluding carboxylic acids is 3. The Hall–Kier alpha value is -2.57. The minimum atomic E-state index is -0.789. The van der Waals surface area contributed by atoms with Crippen LogP contribution in [-0.4, -0.2) is 97.9 Å². The first kappa shape index (κ1) is 36.9. The van der Waals surface area contributed by atoms with Crippen molar-refractivity contribution in [3.05, 3.63) is 36.0 Å². The van der Waals surface area contributed by atoms with Crippen molar-refractivity contribution >= 4 is 17.8 Å². The number of amides is 2. The zero-order valence-electron chi connectivity index (χ0n) is 27.9. The van der Waals surface area contributed by atoms with Gasteiger partial charge in [0, 0.05) is 26.0 Å². The highest BCUT2D eigenvalue weighted by molar-refractivity contribution is 5.87. The van der Waals surface area contributed by atoms with Crippen molar-refractivity contribution in [1.82, 2.24) is 16.0 Å². The van der Waals surface area contributed by atoms with Crippen LogP contribution in [0.3, 0.4) is 0 Å². The molecule has 254 valence electrons. The summed E-state index contributed by atoms with van der Waals surface area (Å²) in [6.07, 6.45) is 11.9. The lowest BCUT2D eigenvalue weighted by atomic mass is 9.87. The van der Waals surface area contributed by atoms with Crippen molar-refractivity contribution in [3.63, 3.8) is 0 Å². The van der Waals surface area contributed by atoms with Gasteiger partial charge in [0.15, 0.2) is 0 Å². The number of unbranched alkanes of at least 4 members (excludes halogenated alkanes) is 2. The topological polar surface area (TPSA) is 148 Å². The molecule has 45 heavy (non-hydrogen) atoms. The highest BCUT2D eigenvalue weighted by atomic mass is 16.6. The van der Waals surface area contributed by atoms with Crippen LogP contribution < -0.4 is 16.0 Å². The molecule has 0 aliphatic carbocycles. The Balaban J connectivity index is 1.46. The largest absolute Gasteiger partial charge is 0.459 e. The summed E-state index contributed by atoms with van der Waals surface area (Å²) in [5, 5.41) is 20.1. The molecule has 3 aliphatic rings. The van der Waals surface area contributed by atoms with Crippen LogP contribution >= 0.6 is 0 Å². The molecule has 0 radical (unpaired) electrons. The van der Waals surface area contributed by atoms with E-state index in [-0.39, 0.29) is 48.5 Å². The van der Waals surface area contributed by atoms with Crippen LogP contribution in [0.1, 0.15) is 79.6 Å². The number of hydrogen-bond acceptors (Lipinski definition) is 9. The van der Waals surface area contributed by atoms with Crippen molar-refractivity contribution < 1.29 is 38.4 Å². The van der Waals surface area contributed by atoms with Gasteiger partial charge in [-0.05, 0) is 72.0 Å². The molecule has 0 aromatic carbocycles. The molecule has 1 spiro atoms. The van der Waals surface area contributed by atoms with Crippen molar-refractivity contribution in [2.75, 3.05) is 26.7 Å². The van der Waals surface area contributed by atoms with E-state index in [2.05, 4.69) is 29.0 Å². The normalized spacial score (nSPS) is 32.5. The van der Waals surface area contributed by atoms with E-state index in [1.54, 1.807) is 13.0 Å². The Morgan fingerprint density at radius 3 is 2.51 bits per heavy atom. The van der Waals surface area contributed by atoms with Crippen molar-refractivity contribution in [1.29, 1.82) is 0 Å². The van der Waals surface area contributed by atoms with Gasteiger partial charge in [-0.15, -0.1) is 0 Å². The summed E-state index contributed by atoms with van der Waals surface area (Å²) >= 11 is 0. The second-order valence-electron chi connectivity index (χ2n) is 12.9. The maximum absolute atomic E-state index is 12.5. The van der Waals surface area contributed by atoms with Gasteiger partial charge in [-0.25, -0.2) is 0 Å². The third-order valence-electron chi connectivity index (χ3n) is 8.76. The molecule has 0 aromatic heterocycles. The van der Waals surface area contributed by atoms with E-state index in [0.29, 0.717) is 26.0 Å². The lowest BCUT2D eigenvalue weighted by Crippen LogP contribution is -2.50. The summed E-state index contributed by atoms with van der Waals surface area (Å²) < 4.78 is 23.2. The third kappa shape index (κ3) is 12.3. The van der Waals surface area contributed by atoms with Crippen molar-refractivity contribution in [3.8, 4) is 0 Å².